The number of benzene rings is 2. The Hall–Kier alpha value is -2.56. The summed E-state index contributed by atoms with van der Waals surface area (Å²) in [5.41, 5.74) is 2.28. The zero-order valence-corrected chi connectivity index (χ0v) is 17.8. The molecule has 7 nitrogen and oxygen atoms in total. The van der Waals surface area contributed by atoms with E-state index in [0.29, 0.717) is 12.1 Å². The smallest absolute Gasteiger partial charge is 0.243 e. The van der Waals surface area contributed by atoms with Crippen LogP contribution in [0.4, 0.5) is 4.39 Å². The predicted octanol–water partition coefficient (Wildman–Crippen LogP) is 2.55. The van der Waals surface area contributed by atoms with Crippen LogP contribution in [-0.4, -0.2) is 43.0 Å². The van der Waals surface area contributed by atoms with Crippen LogP contribution in [0.25, 0.3) is 5.69 Å². The molecular weight excluding hydrogens is 429 g/mol. The summed E-state index contributed by atoms with van der Waals surface area (Å²) in [6, 6.07) is 11.3. The maximum atomic E-state index is 13.2. The standard InChI is InChI=1S/C20H20FN3O4S2/c1-2-29(25,26)17-7-9-18(10-8-17)30(27,28)23-12-11-20-19(13-23)22-14-24(20)16-5-3-15(21)4-6-16/h3-10,14H,2,11-13H2,1H3. The molecule has 0 amide bonds. The lowest BCUT2D eigenvalue weighted by Crippen LogP contribution is -2.36. The number of hydrogen-bond donors (Lipinski definition) is 0. The van der Waals surface area contributed by atoms with E-state index in [4.69, 9.17) is 0 Å². The van der Waals surface area contributed by atoms with E-state index >= 15 is 0 Å². The van der Waals surface area contributed by atoms with Crippen molar-refractivity contribution < 1.29 is 21.2 Å². The first-order valence-electron chi connectivity index (χ1n) is 9.36. The molecule has 0 fully saturated rings. The van der Waals surface area contributed by atoms with Crippen molar-refractivity contribution in [2.45, 2.75) is 29.7 Å². The lowest BCUT2D eigenvalue weighted by Gasteiger charge is -2.26. The molecule has 0 bridgehead atoms. The molecule has 0 unspecified atom stereocenters. The van der Waals surface area contributed by atoms with Crippen LogP contribution in [0.15, 0.2) is 64.6 Å². The highest BCUT2D eigenvalue weighted by molar-refractivity contribution is 7.91. The molecule has 1 aromatic heterocycles. The quantitative estimate of drug-likeness (QED) is 0.597. The fraction of sp³-hybridized carbons (Fsp3) is 0.250. The molecule has 10 heteroatoms. The van der Waals surface area contributed by atoms with E-state index in [2.05, 4.69) is 4.98 Å². The molecule has 0 saturated heterocycles. The number of fused-ring (bicyclic) bond motifs is 1. The van der Waals surface area contributed by atoms with Gasteiger partial charge in [-0.1, -0.05) is 6.92 Å². The maximum absolute atomic E-state index is 13.2. The van der Waals surface area contributed by atoms with E-state index < -0.39 is 19.9 Å². The third-order valence-electron chi connectivity index (χ3n) is 5.18. The highest BCUT2D eigenvalue weighted by Crippen LogP contribution is 2.27. The van der Waals surface area contributed by atoms with Crippen LogP contribution in [0.5, 0.6) is 0 Å². The number of hydrogen-bond acceptors (Lipinski definition) is 5. The van der Waals surface area contributed by atoms with Gasteiger partial charge in [-0.3, -0.25) is 0 Å². The van der Waals surface area contributed by atoms with Gasteiger partial charge in [0.1, 0.15) is 5.82 Å². The number of rotatable bonds is 5. The normalized spacial score (nSPS) is 15.1. The molecule has 1 aliphatic heterocycles. The molecule has 2 aromatic carbocycles. The average molecular weight is 450 g/mol. The highest BCUT2D eigenvalue weighted by Gasteiger charge is 2.31. The Balaban J connectivity index is 1.59. The lowest BCUT2D eigenvalue weighted by molar-refractivity contribution is 0.384. The van der Waals surface area contributed by atoms with Gasteiger partial charge in [0.25, 0.3) is 0 Å². The van der Waals surface area contributed by atoms with Gasteiger partial charge in [-0.15, -0.1) is 0 Å². The van der Waals surface area contributed by atoms with Crippen molar-refractivity contribution in [2.75, 3.05) is 12.3 Å². The van der Waals surface area contributed by atoms with Crippen molar-refractivity contribution in [2.24, 2.45) is 0 Å². The Morgan fingerprint density at radius 2 is 1.60 bits per heavy atom. The summed E-state index contributed by atoms with van der Waals surface area (Å²) < 4.78 is 66.3. The van der Waals surface area contributed by atoms with Gasteiger partial charge in [-0.2, -0.15) is 4.31 Å². The fourth-order valence-corrected chi connectivity index (χ4v) is 5.73. The van der Waals surface area contributed by atoms with Gasteiger partial charge in [0.05, 0.1) is 34.1 Å². The monoisotopic (exact) mass is 449 g/mol. The van der Waals surface area contributed by atoms with Gasteiger partial charge in [-0.25, -0.2) is 26.2 Å². The molecule has 0 atom stereocenters. The van der Waals surface area contributed by atoms with Crippen molar-refractivity contribution in [3.05, 3.63) is 72.1 Å². The zero-order chi connectivity index (χ0) is 21.5. The second-order valence-corrected chi connectivity index (χ2v) is 11.2. The lowest BCUT2D eigenvalue weighted by atomic mass is 10.1. The van der Waals surface area contributed by atoms with Gasteiger partial charge < -0.3 is 4.57 Å². The van der Waals surface area contributed by atoms with E-state index in [1.807, 2.05) is 4.57 Å². The van der Waals surface area contributed by atoms with Crippen molar-refractivity contribution in [1.82, 2.24) is 13.9 Å². The molecule has 0 N–H and O–H groups in total. The second-order valence-electron chi connectivity index (χ2n) is 6.95. The summed E-state index contributed by atoms with van der Waals surface area (Å²) in [5, 5.41) is 0. The first kappa shape index (κ1) is 20.7. The van der Waals surface area contributed by atoms with Crippen LogP contribution >= 0.6 is 0 Å². The number of aromatic nitrogens is 2. The van der Waals surface area contributed by atoms with Crippen LogP contribution in [-0.2, 0) is 32.8 Å². The number of nitrogens with zero attached hydrogens (tertiary/aromatic N) is 3. The van der Waals surface area contributed by atoms with Crippen LogP contribution in [0.3, 0.4) is 0 Å². The topological polar surface area (TPSA) is 89.3 Å². The van der Waals surface area contributed by atoms with E-state index in [9.17, 15) is 21.2 Å². The molecular formula is C20H20FN3O4S2. The molecule has 0 saturated carbocycles. The molecule has 0 aliphatic carbocycles. The fourth-order valence-electron chi connectivity index (χ4n) is 3.45. The molecule has 3 aromatic rings. The van der Waals surface area contributed by atoms with E-state index in [0.717, 1.165) is 11.4 Å². The third-order valence-corrected chi connectivity index (χ3v) is 8.79. The molecule has 0 spiro atoms. The number of sulfone groups is 1. The van der Waals surface area contributed by atoms with Crippen LogP contribution in [0.2, 0.25) is 0 Å². The van der Waals surface area contributed by atoms with E-state index in [1.54, 1.807) is 18.5 Å². The Morgan fingerprint density at radius 1 is 0.967 bits per heavy atom. The number of imidazole rings is 1. The first-order valence-corrected chi connectivity index (χ1v) is 12.5. The van der Waals surface area contributed by atoms with Crippen molar-refractivity contribution in [3.63, 3.8) is 0 Å². The molecule has 30 heavy (non-hydrogen) atoms. The summed E-state index contributed by atoms with van der Waals surface area (Å²) in [6.45, 7) is 1.91. The first-order chi connectivity index (χ1) is 14.2. The Bertz CT molecular complexity index is 1280. The van der Waals surface area contributed by atoms with Gasteiger partial charge >= 0.3 is 0 Å². The Kier molecular flexibility index (Phi) is 5.25. The molecule has 4 rings (SSSR count). The summed E-state index contributed by atoms with van der Waals surface area (Å²) in [4.78, 5) is 4.49. The van der Waals surface area contributed by atoms with Crippen molar-refractivity contribution in [1.29, 1.82) is 0 Å². The van der Waals surface area contributed by atoms with Crippen LogP contribution in [0, 0.1) is 5.82 Å². The van der Waals surface area contributed by atoms with Crippen LogP contribution in [0.1, 0.15) is 18.3 Å². The summed E-state index contributed by atoms with van der Waals surface area (Å²) in [5.74, 6) is -0.382. The largest absolute Gasteiger partial charge is 0.303 e. The summed E-state index contributed by atoms with van der Waals surface area (Å²) in [7, 11) is -7.19. The maximum Gasteiger partial charge on any atom is 0.243 e. The number of sulfonamides is 1. The van der Waals surface area contributed by atoms with Gasteiger partial charge in [0.2, 0.25) is 10.0 Å². The SMILES string of the molecule is CCS(=O)(=O)c1ccc(S(=O)(=O)N2CCc3c(ncn3-c3ccc(F)cc3)C2)cc1. The minimum Gasteiger partial charge on any atom is -0.303 e. The highest BCUT2D eigenvalue weighted by atomic mass is 32.2. The average Bonchev–Trinajstić information content (AvgIpc) is 3.17. The van der Waals surface area contributed by atoms with Gasteiger partial charge in [0.15, 0.2) is 9.84 Å². The van der Waals surface area contributed by atoms with Crippen LogP contribution < -0.4 is 0 Å². The van der Waals surface area contributed by atoms with E-state index in [-0.39, 0.29) is 34.5 Å². The molecule has 158 valence electrons. The van der Waals surface area contributed by atoms with Gasteiger partial charge in [-0.05, 0) is 48.5 Å². The molecule has 0 radical (unpaired) electrons. The minimum absolute atomic E-state index is 0.0407. The van der Waals surface area contributed by atoms with Crippen molar-refractivity contribution in [3.8, 4) is 5.69 Å². The molecule has 1 aliphatic rings. The Morgan fingerprint density at radius 3 is 2.23 bits per heavy atom. The predicted molar refractivity (Wildman–Crippen MR) is 109 cm³/mol. The second kappa shape index (κ2) is 7.60. The summed E-state index contributed by atoms with van der Waals surface area (Å²) >= 11 is 0. The minimum atomic E-state index is -3.80. The van der Waals surface area contributed by atoms with E-state index in [1.165, 1.54) is 47.6 Å². The molecule has 2 heterocycles. The summed E-state index contributed by atoms with van der Waals surface area (Å²) in [6.07, 6.45) is 2.06. The van der Waals surface area contributed by atoms with Crippen molar-refractivity contribution >= 4 is 19.9 Å². The zero-order valence-electron chi connectivity index (χ0n) is 16.2. The third kappa shape index (κ3) is 3.66. The van der Waals surface area contributed by atoms with Gasteiger partial charge in [0, 0.05) is 24.3 Å². The Labute approximate surface area is 174 Å². The number of halogens is 1.